The van der Waals surface area contributed by atoms with Crippen molar-refractivity contribution < 1.29 is 0 Å². The van der Waals surface area contributed by atoms with E-state index in [4.69, 9.17) is 0 Å². The standard InChI is InChI=1S/C8H9N3/c1-9-8-7-6(2-4-10-7)3-5-11-8/h2-5,10H,1H3,(H,9,11). The van der Waals surface area contributed by atoms with Crippen LogP contribution in [0.15, 0.2) is 24.5 Å². The summed E-state index contributed by atoms with van der Waals surface area (Å²) in [5.74, 6) is 0.896. The Kier molecular flexibility index (Phi) is 1.28. The number of aromatic amines is 1. The second-order valence-electron chi connectivity index (χ2n) is 2.35. The van der Waals surface area contributed by atoms with Gasteiger partial charge in [-0.1, -0.05) is 0 Å². The maximum Gasteiger partial charge on any atom is 0.150 e. The molecule has 2 aromatic heterocycles. The second-order valence-corrected chi connectivity index (χ2v) is 2.35. The highest BCUT2D eigenvalue weighted by atomic mass is 15.0. The van der Waals surface area contributed by atoms with E-state index in [9.17, 15) is 0 Å². The van der Waals surface area contributed by atoms with E-state index in [0.717, 1.165) is 11.3 Å². The number of aromatic nitrogens is 2. The maximum atomic E-state index is 4.16. The molecule has 0 aromatic carbocycles. The average Bonchev–Trinajstić information content (AvgIpc) is 2.50. The van der Waals surface area contributed by atoms with Crippen LogP contribution < -0.4 is 5.32 Å². The van der Waals surface area contributed by atoms with Crippen LogP contribution in [0.3, 0.4) is 0 Å². The van der Waals surface area contributed by atoms with Crippen molar-refractivity contribution in [2.75, 3.05) is 12.4 Å². The molecular weight excluding hydrogens is 138 g/mol. The number of H-pyrrole nitrogens is 1. The van der Waals surface area contributed by atoms with Crippen LogP contribution in [0, 0.1) is 0 Å². The van der Waals surface area contributed by atoms with E-state index in [1.807, 2.05) is 25.4 Å². The topological polar surface area (TPSA) is 40.7 Å². The number of nitrogens with zero attached hydrogens (tertiary/aromatic N) is 1. The lowest BCUT2D eigenvalue weighted by atomic mass is 10.3. The van der Waals surface area contributed by atoms with Gasteiger partial charge in [-0.05, 0) is 12.1 Å². The van der Waals surface area contributed by atoms with Gasteiger partial charge in [0.2, 0.25) is 0 Å². The van der Waals surface area contributed by atoms with Crippen molar-refractivity contribution in [2.24, 2.45) is 0 Å². The van der Waals surface area contributed by atoms with Crippen LogP contribution in [0.5, 0.6) is 0 Å². The summed E-state index contributed by atoms with van der Waals surface area (Å²) in [7, 11) is 1.86. The largest absolute Gasteiger partial charge is 0.371 e. The second kappa shape index (κ2) is 2.27. The van der Waals surface area contributed by atoms with Crippen LogP contribution in [-0.4, -0.2) is 17.0 Å². The van der Waals surface area contributed by atoms with E-state index in [1.165, 1.54) is 5.39 Å². The molecule has 0 atom stereocenters. The number of hydrogen-bond acceptors (Lipinski definition) is 2. The van der Waals surface area contributed by atoms with Crippen molar-refractivity contribution in [3.05, 3.63) is 24.5 Å². The smallest absolute Gasteiger partial charge is 0.150 e. The van der Waals surface area contributed by atoms with E-state index < -0.39 is 0 Å². The molecule has 0 saturated heterocycles. The molecule has 0 bridgehead atoms. The first-order chi connectivity index (χ1) is 5.42. The molecule has 0 aliphatic carbocycles. The number of rotatable bonds is 1. The van der Waals surface area contributed by atoms with Crippen molar-refractivity contribution in [3.63, 3.8) is 0 Å². The van der Waals surface area contributed by atoms with Gasteiger partial charge < -0.3 is 10.3 Å². The molecule has 0 amide bonds. The lowest BCUT2D eigenvalue weighted by Gasteiger charge is -1.98. The third-order valence-electron chi connectivity index (χ3n) is 1.71. The predicted octanol–water partition coefficient (Wildman–Crippen LogP) is 1.60. The fourth-order valence-corrected chi connectivity index (χ4v) is 1.17. The van der Waals surface area contributed by atoms with Crippen molar-refractivity contribution in [1.29, 1.82) is 0 Å². The maximum absolute atomic E-state index is 4.16. The molecule has 3 heteroatoms. The first kappa shape index (κ1) is 6.22. The van der Waals surface area contributed by atoms with Crippen LogP contribution in [0.4, 0.5) is 5.82 Å². The highest BCUT2D eigenvalue weighted by Gasteiger charge is 1.98. The minimum atomic E-state index is 0.896. The molecule has 0 saturated carbocycles. The molecule has 2 N–H and O–H groups in total. The number of pyridine rings is 1. The minimum absolute atomic E-state index is 0.896. The molecular formula is C8H9N3. The number of hydrogen-bond donors (Lipinski definition) is 2. The zero-order valence-corrected chi connectivity index (χ0v) is 6.26. The van der Waals surface area contributed by atoms with Crippen LogP contribution in [-0.2, 0) is 0 Å². The first-order valence-electron chi connectivity index (χ1n) is 3.51. The van der Waals surface area contributed by atoms with Crippen molar-refractivity contribution in [1.82, 2.24) is 9.97 Å². The Morgan fingerprint density at radius 3 is 3.18 bits per heavy atom. The SMILES string of the molecule is CNc1nccc2cc[nH]c12. The molecule has 2 rings (SSSR count). The van der Waals surface area contributed by atoms with Gasteiger partial charge in [0.05, 0.1) is 5.52 Å². The third-order valence-corrected chi connectivity index (χ3v) is 1.71. The number of fused-ring (bicyclic) bond motifs is 1. The molecule has 11 heavy (non-hydrogen) atoms. The van der Waals surface area contributed by atoms with Crippen molar-refractivity contribution >= 4 is 16.7 Å². The van der Waals surface area contributed by atoms with Gasteiger partial charge in [-0.3, -0.25) is 0 Å². The summed E-state index contributed by atoms with van der Waals surface area (Å²) in [6.07, 6.45) is 3.70. The molecule has 0 aliphatic heterocycles. The summed E-state index contributed by atoms with van der Waals surface area (Å²) in [5, 5.41) is 4.20. The van der Waals surface area contributed by atoms with Crippen LogP contribution >= 0.6 is 0 Å². The quantitative estimate of drug-likeness (QED) is 0.643. The lowest BCUT2D eigenvalue weighted by Crippen LogP contribution is -1.91. The molecule has 0 aliphatic rings. The molecule has 2 aromatic rings. The molecule has 2 heterocycles. The van der Waals surface area contributed by atoms with E-state index in [-0.39, 0.29) is 0 Å². The molecule has 56 valence electrons. The lowest BCUT2D eigenvalue weighted by molar-refractivity contribution is 1.30. The summed E-state index contributed by atoms with van der Waals surface area (Å²) >= 11 is 0. The Morgan fingerprint density at radius 1 is 1.45 bits per heavy atom. The third kappa shape index (κ3) is 0.852. The number of nitrogens with one attached hydrogen (secondary N) is 2. The minimum Gasteiger partial charge on any atom is -0.371 e. The van der Waals surface area contributed by atoms with Crippen LogP contribution in [0.1, 0.15) is 0 Å². The fraction of sp³-hybridized carbons (Fsp3) is 0.125. The van der Waals surface area contributed by atoms with Crippen molar-refractivity contribution in [3.8, 4) is 0 Å². The Morgan fingerprint density at radius 2 is 2.36 bits per heavy atom. The fourth-order valence-electron chi connectivity index (χ4n) is 1.17. The highest BCUT2D eigenvalue weighted by Crippen LogP contribution is 2.17. The Hall–Kier alpha value is -1.51. The van der Waals surface area contributed by atoms with Gasteiger partial charge in [-0.25, -0.2) is 4.98 Å². The summed E-state index contributed by atoms with van der Waals surface area (Å²) in [4.78, 5) is 7.27. The van der Waals surface area contributed by atoms with Gasteiger partial charge >= 0.3 is 0 Å². The molecule has 3 nitrogen and oxygen atoms in total. The Labute approximate surface area is 64.5 Å². The normalized spacial score (nSPS) is 10.3. The van der Waals surface area contributed by atoms with Gasteiger partial charge in [0.1, 0.15) is 5.82 Å². The van der Waals surface area contributed by atoms with Crippen molar-refractivity contribution in [2.45, 2.75) is 0 Å². The zero-order chi connectivity index (χ0) is 7.68. The van der Waals surface area contributed by atoms with E-state index in [0.29, 0.717) is 0 Å². The predicted molar refractivity (Wildman–Crippen MR) is 45.6 cm³/mol. The van der Waals surface area contributed by atoms with Gasteiger partial charge in [-0.15, -0.1) is 0 Å². The number of anilines is 1. The summed E-state index contributed by atoms with van der Waals surface area (Å²) in [5.41, 5.74) is 1.06. The van der Waals surface area contributed by atoms with E-state index in [1.54, 1.807) is 6.20 Å². The Bertz CT molecular complexity index is 364. The van der Waals surface area contributed by atoms with Gasteiger partial charge in [-0.2, -0.15) is 0 Å². The van der Waals surface area contributed by atoms with E-state index in [2.05, 4.69) is 15.3 Å². The van der Waals surface area contributed by atoms with E-state index >= 15 is 0 Å². The van der Waals surface area contributed by atoms with Gasteiger partial charge in [0.25, 0.3) is 0 Å². The van der Waals surface area contributed by atoms with Gasteiger partial charge in [0, 0.05) is 24.8 Å². The molecule has 0 fully saturated rings. The molecule has 0 radical (unpaired) electrons. The highest BCUT2D eigenvalue weighted by molar-refractivity contribution is 5.88. The molecule has 0 spiro atoms. The zero-order valence-electron chi connectivity index (χ0n) is 6.26. The van der Waals surface area contributed by atoms with Crippen LogP contribution in [0.25, 0.3) is 10.9 Å². The van der Waals surface area contributed by atoms with Gasteiger partial charge in [0.15, 0.2) is 0 Å². The first-order valence-corrected chi connectivity index (χ1v) is 3.51. The monoisotopic (exact) mass is 147 g/mol. The Balaban J connectivity index is 2.79. The summed E-state index contributed by atoms with van der Waals surface area (Å²) in [6, 6.07) is 4.00. The van der Waals surface area contributed by atoms with Crippen LogP contribution in [0.2, 0.25) is 0 Å². The molecule has 0 unspecified atom stereocenters. The summed E-state index contributed by atoms with van der Waals surface area (Å²) < 4.78 is 0. The average molecular weight is 147 g/mol. The summed E-state index contributed by atoms with van der Waals surface area (Å²) in [6.45, 7) is 0.